The van der Waals surface area contributed by atoms with E-state index in [1.807, 2.05) is 41.0 Å². The predicted octanol–water partition coefficient (Wildman–Crippen LogP) is 2.69. The summed E-state index contributed by atoms with van der Waals surface area (Å²) in [6, 6.07) is 13.3. The van der Waals surface area contributed by atoms with Gasteiger partial charge in [-0.05, 0) is 29.7 Å². The smallest absolute Gasteiger partial charge is 0.252 e. The molecule has 3 aromatic rings. The van der Waals surface area contributed by atoms with E-state index in [9.17, 15) is 4.79 Å². The summed E-state index contributed by atoms with van der Waals surface area (Å²) in [4.78, 5) is 14.6. The van der Waals surface area contributed by atoms with Gasteiger partial charge in [0.2, 0.25) is 0 Å². The van der Waals surface area contributed by atoms with Crippen molar-refractivity contribution in [2.24, 2.45) is 5.73 Å². The number of aromatic amines is 1. The first-order valence-corrected chi connectivity index (χ1v) is 7.67. The van der Waals surface area contributed by atoms with Crippen molar-refractivity contribution in [2.75, 3.05) is 13.7 Å². The quantitative estimate of drug-likeness (QED) is 0.723. The molecule has 0 radical (unpaired) electrons. The van der Waals surface area contributed by atoms with Gasteiger partial charge in [0.25, 0.3) is 5.56 Å². The number of rotatable bonds is 4. The maximum atomic E-state index is 11.9. The Labute approximate surface area is 138 Å². The maximum Gasteiger partial charge on any atom is 0.252 e. The first-order chi connectivity index (χ1) is 11.2. The Hall–Kier alpha value is -2.44. The van der Waals surface area contributed by atoms with Crippen LogP contribution in [0.1, 0.15) is 0 Å². The molecule has 0 aliphatic carbocycles. The standard InChI is InChI=1S/C17H17N3O2S/c1-22-15-7-6-12(11-4-2-3-5-13(11)15)14-10-16(21)19-17(23)20(14)9-8-18/h2-7,10H,8-9,18H2,1H3,(H,19,21,23). The molecule has 0 spiro atoms. The minimum Gasteiger partial charge on any atom is -0.496 e. The third-order valence-corrected chi connectivity index (χ3v) is 4.09. The van der Waals surface area contributed by atoms with E-state index < -0.39 is 0 Å². The summed E-state index contributed by atoms with van der Waals surface area (Å²) in [5.74, 6) is 0.790. The zero-order valence-corrected chi connectivity index (χ0v) is 13.5. The molecule has 0 saturated heterocycles. The number of ether oxygens (including phenoxy) is 1. The van der Waals surface area contributed by atoms with Crippen LogP contribution in [0, 0.1) is 4.77 Å². The molecule has 1 aromatic heterocycles. The molecule has 0 saturated carbocycles. The molecular formula is C17H17N3O2S. The van der Waals surface area contributed by atoms with Crippen molar-refractivity contribution >= 4 is 23.0 Å². The van der Waals surface area contributed by atoms with Gasteiger partial charge < -0.3 is 15.0 Å². The Morgan fingerprint density at radius 3 is 2.65 bits per heavy atom. The van der Waals surface area contributed by atoms with Gasteiger partial charge in [0.15, 0.2) is 4.77 Å². The zero-order chi connectivity index (χ0) is 16.4. The predicted molar refractivity (Wildman–Crippen MR) is 94.4 cm³/mol. The van der Waals surface area contributed by atoms with Gasteiger partial charge in [0, 0.05) is 30.1 Å². The van der Waals surface area contributed by atoms with Crippen LogP contribution in [-0.4, -0.2) is 23.2 Å². The van der Waals surface area contributed by atoms with Crippen molar-refractivity contribution in [2.45, 2.75) is 6.54 Å². The zero-order valence-electron chi connectivity index (χ0n) is 12.7. The largest absolute Gasteiger partial charge is 0.496 e. The second kappa shape index (κ2) is 6.36. The normalized spacial score (nSPS) is 10.9. The van der Waals surface area contributed by atoms with Gasteiger partial charge in [-0.3, -0.25) is 9.78 Å². The van der Waals surface area contributed by atoms with Crippen molar-refractivity contribution in [1.29, 1.82) is 0 Å². The fraction of sp³-hybridized carbons (Fsp3) is 0.176. The van der Waals surface area contributed by atoms with Crippen LogP contribution in [0.4, 0.5) is 0 Å². The molecule has 0 aliphatic rings. The SMILES string of the molecule is COc1ccc(-c2cc(=O)[nH]c(=S)n2CCN)c2ccccc12. The van der Waals surface area contributed by atoms with Gasteiger partial charge in [-0.15, -0.1) is 0 Å². The van der Waals surface area contributed by atoms with Crippen LogP contribution in [0.25, 0.3) is 22.0 Å². The Morgan fingerprint density at radius 2 is 1.96 bits per heavy atom. The van der Waals surface area contributed by atoms with E-state index in [0.29, 0.717) is 17.9 Å². The van der Waals surface area contributed by atoms with Gasteiger partial charge in [-0.25, -0.2) is 0 Å². The molecule has 0 unspecified atom stereocenters. The topological polar surface area (TPSA) is 73.0 Å². The summed E-state index contributed by atoms with van der Waals surface area (Å²) >= 11 is 5.29. The van der Waals surface area contributed by atoms with Crippen molar-refractivity contribution in [3.63, 3.8) is 0 Å². The van der Waals surface area contributed by atoms with Gasteiger partial charge in [0.05, 0.1) is 12.8 Å². The number of aromatic nitrogens is 2. The summed E-state index contributed by atoms with van der Waals surface area (Å²) in [6.45, 7) is 0.965. The molecule has 1 heterocycles. The van der Waals surface area contributed by atoms with Crippen LogP contribution in [-0.2, 0) is 6.54 Å². The fourth-order valence-electron chi connectivity index (χ4n) is 2.77. The molecule has 5 nitrogen and oxygen atoms in total. The highest BCUT2D eigenvalue weighted by Gasteiger charge is 2.12. The number of hydrogen-bond acceptors (Lipinski definition) is 4. The third kappa shape index (κ3) is 2.78. The number of benzene rings is 2. The van der Waals surface area contributed by atoms with Crippen molar-refractivity contribution in [3.8, 4) is 17.0 Å². The lowest BCUT2D eigenvalue weighted by atomic mass is 10.0. The third-order valence-electron chi connectivity index (χ3n) is 3.77. The molecule has 3 rings (SSSR count). The van der Waals surface area contributed by atoms with E-state index in [-0.39, 0.29) is 5.56 Å². The number of H-pyrrole nitrogens is 1. The molecule has 0 aliphatic heterocycles. The van der Waals surface area contributed by atoms with Gasteiger partial charge in [-0.1, -0.05) is 24.3 Å². The lowest BCUT2D eigenvalue weighted by molar-refractivity contribution is 0.420. The van der Waals surface area contributed by atoms with Crippen molar-refractivity contribution in [3.05, 3.63) is 57.6 Å². The average Bonchev–Trinajstić information content (AvgIpc) is 2.56. The second-order valence-corrected chi connectivity index (χ2v) is 5.51. The van der Waals surface area contributed by atoms with Crippen LogP contribution in [0.2, 0.25) is 0 Å². The molecule has 118 valence electrons. The highest BCUT2D eigenvalue weighted by molar-refractivity contribution is 7.71. The molecule has 6 heteroatoms. The lowest BCUT2D eigenvalue weighted by Gasteiger charge is -2.15. The van der Waals surface area contributed by atoms with Gasteiger partial charge in [-0.2, -0.15) is 0 Å². The van der Waals surface area contributed by atoms with Crippen LogP contribution < -0.4 is 16.0 Å². The van der Waals surface area contributed by atoms with Crippen LogP contribution in [0.15, 0.2) is 47.3 Å². The van der Waals surface area contributed by atoms with Crippen molar-refractivity contribution < 1.29 is 4.74 Å². The summed E-state index contributed by atoms with van der Waals surface area (Å²) < 4.78 is 7.65. The highest BCUT2D eigenvalue weighted by atomic mass is 32.1. The summed E-state index contributed by atoms with van der Waals surface area (Å²) in [6.07, 6.45) is 0. The Balaban J connectivity index is 2.38. The van der Waals surface area contributed by atoms with Crippen LogP contribution in [0.3, 0.4) is 0 Å². The Bertz CT molecular complexity index is 975. The minimum absolute atomic E-state index is 0.224. The summed E-state index contributed by atoms with van der Waals surface area (Å²) in [5.41, 5.74) is 7.15. The molecule has 0 fully saturated rings. The maximum absolute atomic E-state index is 11.9. The monoisotopic (exact) mass is 327 g/mol. The molecule has 23 heavy (non-hydrogen) atoms. The minimum atomic E-state index is -0.224. The average molecular weight is 327 g/mol. The molecule has 0 amide bonds. The Morgan fingerprint density at radius 1 is 1.22 bits per heavy atom. The molecule has 2 aromatic carbocycles. The van der Waals surface area contributed by atoms with E-state index in [1.165, 1.54) is 0 Å². The number of nitrogens with one attached hydrogen (secondary N) is 1. The molecule has 0 bridgehead atoms. The van der Waals surface area contributed by atoms with Crippen LogP contribution in [0.5, 0.6) is 5.75 Å². The van der Waals surface area contributed by atoms with E-state index >= 15 is 0 Å². The summed E-state index contributed by atoms with van der Waals surface area (Å²) in [7, 11) is 1.64. The van der Waals surface area contributed by atoms with Crippen molar-refractivity contribution in [1.82, 2.24) is 9.55 Å². The molecule has 3 N–H and O–H groups in total. The van der Waals surface area contributed by atoms with E-state index in [0.717, 1.165) is 27.8 Å². The van der Waals surface area contributed by atoms with Gasteiger partial charge in [0.1, 0.15) is 5.75 Å². The van der Waals surface area contributed by atoms with E-state index in [4.69, 9.17) is 22.7 Å². The lowest BCUT2D eigenvalue weighted by Crippen LogP contribution is -2.18. The van der Waals surface area contributed by atoms with E-state index in [2.05, 4.69) is 4.98 Å². The summed E-state index contributed by atoms with van der Waals surface area (Å²) in [5, 5.41) is 1.98. The first-order valence-electron chi connectivity index (χ1n) is 7.26. The number of methoxy groups -OCH3 is 1. The number of hydrogen-bond donors (Lipinski definition) is 2. The second-order valence-electron chi connectivity index (χ2n) is 5.13. The number of fused-ring (bicyclic) bond motifs is 1. The Kier molecular flexibility index (Phi) is 4.27. The molecule has 0 atom stereocenters. The molecular weight excluding hydrogens is 310 g/mol. The fourth-order valence-corrected chi connectivity index (χ4v) is 3.06. The highest BCUT2D eigenvalue weighted by Crippen LogP contribution is 2.33. The van der Waals surface area contributed by atoms with E-state index in [1.54, 1.807) is 13.2 Å². The van der Waals surface area contributed by atoms with Gasteiger partial charge >= 0.3 is 0 Å². The van der Waals surface area contributed by atoms with Crippen LogP contribution >= 0.6 is 12.2 Å². The first kappa shape index (κ1) is 15.5. The number of nitrogens with zero attached hydrogens (tertiary/aromatic N) is 1. The number of nitrogens with two attached hydrogens (primary N) is 1.